The molecule has 0 saturated carbocycles. The van der Waals surface area contributed by atoms with Gasteiger partial charge < -0.3 is 14.6 Å². The molecule has 2 aliphatic heterocycles. The summed E-state index contributed by atoms with van der Waals surface area (Å²) in [5, 5.41) is 7.51. The van der Waals surface area contributed by atoms with E-state index >= 15 is 0 Å². The maximum absolute atomic E-state index is 5.81. The monoisotopic (exact) mass is 280 g/mol. The van der Waals surface area contributed by atoms with Crippen LogP contribution < -0.4 is 5.32 Å². The Morgan fingerprint density at radius 1 is 1.45 bits per heavy atom. The molecular weight excluding hydrogens is 256 g/mol. The summed E-state index contributed by atoms with van der Waals surface area (Å²) in [7, 11) is 0. The van der Waals surface area contributed by atoms with Crippen molar-refractivity contribution in [2.45, 2.75) is 44.8 Å². The van der Waals surface area contributed by atoms with Gasteiger partial charge in [0.2, 0.25) is 11.7 Å². The van der Waals surface area contributed by atoms with Crippen LogP contribution in [0.15, 0.2) is 4.52 Å². The van der Waals surface area contributed by atoms with Crippen molar-refractivity contribution in [3.8, 4) is 0 Å². The third kappa shape index (κ3) is 2.60. The van der Waals surface area contributed by atoms with E-state index < -0.39 is 0 Å². The standard InChI is InChI=1S/C14H24N4O2/c1-10(2)18-6-7-19-11(8-18)12-16-13(20-17-12)14(3)4-5-15-9-14/h10-11,15H,4-9H2,1-3H3. The molecule has 6 nitrogen and oxygen atoms in total. The number of nitrogens with zero attached hydrogens (tertiary/aromatic N) is 3. The molecule has 2 fully saturated rings. The van der Waals surface area contributed by atoms with Gasteiger partial charge in [-0.2, -0.15) is 4.98 Å². The normalized spacial score (nSPS) is 32.1. The topological polar surface area (TPSA) is 63.4 Å². The summed E-state index contributed by atoms with van der Waals surface area (Å²) in [4.78, 5) is 7.00. The van der Waals surface area contributed by atoms with Crippen molar-refractivity contribution in [3.63, 3.8) is 0 Å². The molecule has 0 bridgehead atoms. The molecule has 0 spiro atoms. The first kappa shape index (κ1) is 14.0. The van der Waals surface area contributed by atoms with E-state index in [-0.39, 0.29) is 11.5 Å². The highest BCUT2D eigenvalue weighted by molar-refractivity contribution is 5.08. The van der Waals surface area contributed by atoms with Gasteiger partial charge in [0.05, 0.1) is 12.0 Å². The number of aromatic nitrogens is 2. The van der Waals surface area contributed by atoms with Gasteiger partial charge in [0.1, 0.15) is 6.10 Å². The first-order valence-corrected chi connectivity index (χ1v) is 7.49. The van der Waals surface area contributed by atoms with Crippen LogP contribution >= 0.6 is 0 Å². The van der Waals surface area contributed by atoms with E-state index in [1.54, 1.807) is 0 Å². The van der Waals surface area contributed by atoms with Gasteiger partial charge in [0.25, 0.3) is 0 Å². The second kappa shape index (κ2) is 5.42. The van der Waals surface area contributed by atoms with Crippen LogP contribution in [0.4, 0.5) is 0 Å². The summed E-state index contributed by atoms with van der Waals surface area (Å²) in [5.41, 5.74) is -0.0301. The lowest BCUT2D eigenvalue weighted by Crippen LogP contribution is -2.42. The first-order valence-electron chi connectivity index (χ1n) is 7.49. The fourth-order valence-electron chi connectivity index (χ4n) is 2.90. The van der Waals surface area contributed by atoms with Crippen molar-refractivity contribution < 1.29 is 9.26 Å². The first-order chi connectivity index (χ1) is 9.58. The van der Waals surface area contributed by atoms with Gasteiger partial charge >= 0.3 is 0 Å². The molecular formula is C14H24N4O2. The van der Waals surface area contributed by atoms with Crippen molar-refractivity contribution in [1.29, 1.82) is 0 Å². The SMILES string of the molecule is CC(C)N1CCOC(c2noc(C3(C)CCNC3)n2)C1. The lowest BCUT2D eigenvalue weighted by molar-refractivity contribution is -0.0450. The quantitative estimate of drug-likeness (QED) is 0.894. The molecule has 3 rings (SSSR count). The second-order valence-corrected chi connectivity index (χ2v) is 6.39. The molecule has 0 aromatic carbocycles. The highest BCUT2D eigenvalue weighted by Crippen LogP contribution is 2.30. The third-order valence-corrected chi connectivity index (χ3v) is 4.44. The Balaban J connectivity index is 1.73. The van der Waals surface area contributed by atoms with Crippen LogP contribution in [0.25, 0.3) is 0 Å². The Hall–Kier alpha value is -0.980. The van der Waals surface area contributed by atoms with Gasteiger partial charge in [-0.15, -0.1) is 0 Å². The highest BCUT2D eigenvalue weighted by atomic mass is 16.5. The molecule has 112 valence electrons. The summed E-state index contributed by atoms with van der Waals surface area (Å²) in [6.07, 6.45) is 0.972. The van der Waals surface area contributed by atoms with Crippen LogP contribution in [0.2, 0.25) is 0 Å². The number of rotatable bonds is 3. The maximum atomic E-state index is 5.81. The number of nitrogens with one attached hydrogen (secondary N) is 1. The van der Waals surface area contributed by atoms with Gasteiger partial charge in [-0.25, -0.2) is 0 Å². The van der Waals surface area contributed by atoms with E-state index in [1.165, 1.54) is 0 Å². The van der Waals surface area contributed by atoms with Crippen LogP contribution in [0.5, 0.6) is 0 Å². The van der Waals surface area contributed by atoms with Gasteiger partial charge in [0, 0.05) is 25.7 Å². The average molecular weight is 280 g/mol. The summed E-state index contributed by atoms with van der Waals surface area (Å²) in [6, 6.07) is 0.518. The Morgan fingerprint density at radius 3 is 3.00 bits per heavy atom. The number of hydrogen-bond acceptors (Lipinski definition) is 6. The van der Waals surface area contributed by atoms with Crippen molar-refractivity contribution in [2.24, 2.45) is 0 Å². The molecule has 2 saturated heterocycles. The fourth-order valence-corrected chi connectivity index (χ4v) is 2.90. The molecule has 2 aliphatic rings. The summed E-state index contributed by atoms with van der Waals surface area (Å²) in [5.74, 6) is 1.43. The minimum Gasteiger partial charge on any atom is -0.367 e. The fraction of sp³-hybridized carbons (Fsp3) is 0.857. The van der Waals surface area contributed by atoms with Crippen LogP contribution in [-0.2, 0) is 10.2 Å². The van der Waals surface area contributed by atoms with Crippen LogP contribution in [-0.4, -0.2) is 53.9 Å². The van der Waals surface area contributed by atoms with E-state index in [0.717, 1.165) is 45.1 Å². The van der Waals surface area contributed by atoms with Gasteiger partial charge in [0.15, 0.2) is 0 Å². The molecule has 6 heteroatoms. The molecule has 3 heterocycles. The van der Waals surface area contributed by atoms with E-state index in [4.69, 9.17) is 9.26 Å². The minimum atomic E-state index is -0.0680. The summed E-state index contributed by atoms with van der Waals surface area (Å²) >= 11 is 0. The lowest BCUT2D eigenvalue weighted by Gasteiger charge is -2.34. The zero-order valence-electron chi connectivity index (χ0n) is 12.6. The Morgan fingerprint density at radius 2 is 2.30 bits per heavy atom. The van der Waals surface area contributed by atoms with Crippen molar-refractivity contribution in [2.75, 3.05) is 32.8 Å². The molecule has 0 aliphatic carbocycles. The molecule has 2 unspecified atom stereocenters. The van der Waals surface area contributed by atoms with Crippen molar-refractivity contribution >= 4 is 0 Å². The third-order valence-electron chi connectivity index (χ3n) is 4.44. The zero-order valence-corrected chi connectivity index (χ0v) is 12.6. The average Bonchev–Trinajstić information content (AvgIpc) is 3.08. The van der Waals surface area contributed by atoms with Crippen LogP contribution in [0.1, 0.15) is 45.0 Å². The maximum Gasteiger partial charge on any atom is 0.234 e. The lowest BCUT2D eigenvalue weighted by atomic mass is 9.90. The van der Waals surface area contributed by atoms with Gasteiger partial charge in [-0.1, -0.05) is 5.16 Å². The zero-order chi connectivity index (χ0) is 14.2. The highest BCUT2D eigenvalue weighted by Gasteiger charge is 2.37. The molecule has 20 heavy (non-hydrogen) atoms. The Labute approximate surface area is 119 Å². The second-order valence-electron chi connectivity index (χ2n) is 6.39. The predicted octanol–water partition coefficient (Wildman–Crippen LogP) is 1.10. The summed E-state index contributed by atoms with van der Waals surface area (Å²) in [6.45, 7) is 11.0. The van der Waals surface area contributed by atoms with E-state index in [1.807, 2.05) is 0 Å². The Kier molecular flexibility index (Phi) is 3.79. The smallest absolute Gasteiger partial charge is 0.234 e. The molecule has 0 amide bonds. The van der Waals surface area contributed by atoms with Gasteiger partial charge in [-0.05, 0) is 33.7 Å². The molecule has 1 aromatic heterocycles. The number of hydrogen-bond donors (Lipinski definition) is 1. The number of morpholine rings is 1. The van der Waals surface area contributed by atoms with E-state index in [2.05, 4.69) is 41.1 Å². The van der Waals surface area contributed by atoms with E-state index in [9.17, 15) is 0 Å². The molecule has 2 atom stereocenters. The van der Waals surface area contributed by atoms with Crippen molar-refractivity contribution in [1.82, 2.24) is 20.4 Å². The molecule has 1 aromatic rings. The predicted molar refractivity (Wildman–Crippen MR) is 74.5 cm³/mol. The Bertz CT molecular complexity index is 454. The largest absolute Gasteiger partial charge is 0.367 e. The summed E-state index contributed by atoms with van der Waals surface area (Å²) < 4.78 is 11.3. The van der Waals surface area contributed by atoms with Crippen LogP contribution in [0, 0.1) is 0 Å². The van der Waals surface area contributed by atoms with Gasteiger partial charge in [-0.3, -0.25) is 4.90 Å². The molecule has 1 N–H and O–H groups in total. The number of ether oxygens (including phenoxy) is 1. The minimum absolute atomic E-state index is 0.0301. The molecule has 0 radical (unpaired) electrons. The van der Waals surface area contributed by atoms with Crippen LogP contribution in [0.3, 0.4) is 0 Å². The van der Waals surface area contributed by atoms with Crippen molar-refractivity contribution in [3.05, 3.63) is 11.7 Å². The van der Waals surface area contributed by atoms with E-state index in [0.29, 0.717) is 11.9 Å².